The first-order valence-electron chi connectivity index (χ1n) is 14.9. The van der Waals surface area contributed by atoms with Gasteiger partial charge in [0.2, 0.25) is 0 Å². The summed E-state index contributed by atoms with van der Waals surface area (Å²) in [6.45, 7) is 5.59. The first kappa shape index (κ1) is 35.3. The van der Waals surface area contributed by atoms with Gasteiger partial charge in [-0.3, -0.25) is 4.48 Å². The Morgan fingerprint density at radius 2 is 0.727 bits per heavy atom. The highest BCUT2D eigenvalue weighted by Gasteiger charge is 2.24. The third kappa shape index (κ3) is 25.0. The number of hydrogen-bond donors (Lipinski definition) is 0. The van der Waals surface area contributed by atoms with Gasteiger partial charge in [0, 0.05) is 0 Å². The van der Waals surface area contributed by atoms with Crippen molar-refractivity contribution in [3.8, 4) is 0 Å². The summed E-state index contributed by atoms with van der Waals surface area (Å²) in [4.78, 5) is 12.6. The maximum absolute atomic E-state index is 12.6. The fourth-order valence-corrected chi connectivity index (χ4v) is 4.72. The molecule has 0 N–H and O–H groups in total. The number of rotatable bonds is 25. The first-order chi connectivity index (χ1) is 15.5. The van der Waals surface area contributed by atoms with Crippen molar-refractivity contribution in [3.63, 3.8) is 0 Å². The molecule has 200 valence electrons. The molecule has 0 unspecified atom stereocenters. The molecule has 33 heavy (non-hydrogen) atoms. The predicted molar refractivity (Wildman–Crippen MR) is 144 cm³/mol. The number of halogens is 1. The molecule has 0 aromatic heterocycles. The van der Waals surface area contributed by atoms with Crippen molar-refractivity contribution in [3.05, 3.63) is 0 Å². The summed E-state index contributed by atoms with van der Waals surface area (Å²) in [5, 5.41) is 0. The van der Waals surface area contributed by atoms with Crippen LogP contribution >= 0.6 is 0 Å². The van der Waals surface area contributed by atoms with Crippen LogP contribution in [0.3, 0.4) is 0 Å². The molecule has 0 spiro atoms. The normalized spacial score (nSPS) is 11.5. The van der Waals surface area contributed by atoms with Gasteiger partial charge in [0.05, 0.1) is 27.1 Å². The molecule has 0 aliphatic carbocycles. The number of unbranched alkanes of at least 4 members (excludes halogenated alkanes) is 21. The molecular weight excluding hydrogens is 470 g/mol. The van der Waals surface area contributed by atoms with Crippen molar-refractivity contribution in [2.24, 2.45) is 0 Å². The number of carbonyl (C=O) groups is 1. The Balaban J connectivity index is 0. The van der Waals surface area contributed by atoms with Gasteiger partial charge < -0.3 is 17.0 Å². The highest BCUT2D eigenvalue weighted by Crippen LogP contribution is 2.15. The lowest BCUT2D eigenvalue weighted by molar-refractivity contribution is -0.814. The van der Waals surface area contributed by atoms with Gasteiger partial charge in [-0.1, -0.05) is 142 Å². The summed E-state index contributed by atoms with van der Waals surface area (Å²) in [6, 6.07) is 0. The summed E-state index contributed by atoms with van der Waals surface area (Å²) < 4.78 is 0.593. The number of amides is 1. The fraction of sp³-hybridized carbons (Fsp3) is 0.967. The minimum Gasteiger partial charge on any atom is -1.00 e. The van der Waals surface area contributed by atoms with E-state index in [-0.39, 0.29) is 17.0 Å². The van der Waals surface area contributed by atoms with E-state index in [4.69, 9.17) is 0 Å². The van der Waals surface area contributed by atoms with Crippen molar-refractivity contribution < 1.29 is 26.3 Å². The molecule has 0 aliphatic heterocycles. The van der Waals surface area contributed by atoms with Crippen molar-refractivity contribution in [1.82, 2.24) is 0 Å². The second kappa shape index (κ2) is 26.7. The molecule has 0 bridgehead atoms. The SMILES string of the molecule is CCCCCCCCCCCCCC[N+](C)(C)C(=O)CCCCCCCCCCCCC.[Br-]. The Morgan fingerprint density at radius 3 is 1.06 bits per heavy atom. The highest BCUT2D eigenvalue weighted by molar-refractivity contribution is 5.68. The molecule has 3 heteroatoms. The van der Waals surface area contributed by atoms with Crippen LogP contribution in [0.15, 0.2) is 0 Å². The van der Waals surface area contributed by atoms with E-state index >= 15 is 0 Å². The molecule has 0 radical (unpaired) electrons. The van der Waals surface area contributed by atoms with E-state index in [1.807, 2.05) is 0 Å². The van der Waals surface area contributed by atoms with Crippen LogP contribution in [0.4, 0.5) is 0 Å². The lowest BCUT2D eigenvalue weighted by Crippen LogP contribution is -3.00. The minimum absolute atomic E-state index is 0. The lowest BCUT2D eigenvalue weighted by atomic mass is 10.0. The summed E-state index contributed by atoms with van der Waals surface area (Å²) in [7, 11) is 4.25. The molecule has 1 amide bonds. The topological polar surface area (TPSA) is 17.1 Å². The van der Waals surface area contributed by atoms with Crippen molar-refractivity contribution in [2.75, 3.05) is 20.6 Å². The van der Waals surface area contributed by atoms with E-state index in [1.54, 1.807) is 0 Å². The van der Waals surface area contributed by atoms with E-state index in [0.29, 0.717) is 10.4 Å². The molecule has 0 aliphatic rings. The number of carbonyl (C=O) groups excluding carboxylic acids is 1. The quantitative estimate of drug-likeness (QED) is 0.0914. The van der Waals surface area contributed by atoms with E-state index < -0.39 is 0 Å². The average molecular weight is 533 g/mol. The molecule has 2 nitrogen and oxygen atoms in total. The van der Waals surface area contributed by atoms with Crippen LogP contribution in [0.2, 0.25) is 0 Å². The molecule has 0 fully saturated rings. The smallest absolute Gasteiger partial charge is 0.313 e. The van der Waals surface area contributed by atoms with Crippen LogP contribution < -0.4 is 17.0 Å². The van der Waals surface area contributed by atoms with Gasteiger partial charge in [-0.25, -0.2) is 4.79 Å². The molecule has 0 rings (SSSR count). The Kier molecular flexibility index (Phi) is 28.5. The highest BCUT2D eigenvalue weighted by atomic mass is 79.9. The molecule has 0 atom stereocenters. The number of quaternary nitrogens is 1. The third-order valence-electron chi connectivity index (χ3n) is 7.24. The van der Waals surface area contributed by atoms with Gasteiger partial charge in [0.15, 0.2) is 0 Å². The van der Waals surface area contributed by atoms with Gasteiger partial charge in [0.1, 0.15) is 0 Å². The van der Waals surface area contributed by atoms with Gasteiger partial charge in [0.25, 0.3) is 0 Å². The second-order valence-corrected chi connectivity index (χ2v) is 11.0. The lowest BCUT2D eigenvalue weighted by Gasteiger charge is -2.27. The Hall–Kier alpha value is 0.110. The molecule has 0 heterocycles. The van der Waals surface area contributed by atoms with Gasteiger partial charge in [-0.15, -0.1) is 0 Å². The van der Waals surface area contributed by atoms with E-state index in [9.17, 15) is 4.79 Å². The summed E-state index contributed by atoms with van der Waals surface area (Å²) >= 11 is 0. The minimum atomic E-state index is 0. The number of hydrogen-bond acceptors (Lipinski definition) is 1. The predicted octanol–water partition coefficient (Wildman–Crippen LogP) is 7.00. The zero-order chi connectivity index (χ0) is 23.8. The summed E-state index contributed by atoms with van der Waals surface area (Å²) in [5.74, 6) is 0.448. The summed E-state index contributed by atoms with van der Waals surface area (Å²) in [6.07, 6.45) is 32.2. The van der Waals surface area contributed by atoms with E-state index in [2.05, 4.69) is 27.9 Å². The number of nitrogens with zero attached hydrogens (tertiary/aromatic N) is 1. The van der Waals surface area contributed by atoms with Crippen molar-refractivity contribution in [2.45, 2.75) is 168 Å². The van der Waals surface area contributed by atoms with Gasteiger partial charge in [-0.05, 0) is 19.3 Å². The third-order valence-corrected chi connectivity index (χ3v) is 7.24. The van der Waals surface area contributed by atoms with Crippen LogP contribution in [-0.4, -0.2) is 31.0 Å². The monoisotopic (exact) mass is 531 g/mol. The standard InChI is InChI=1S/C30H62NO.BrH/c1-5-7-9-11-13-15-17-19-21-23-25-27-29-31(3,4)30(32)28-26-24-22-20-18-16-14-12-10-8-6-2;/h5-29H2,1-4H3;1H/q+1;/p-1. The second-order valence-electron chi connectivity index (χ2n) is 11.0. The Bertz CT molecular complexity index is 397. The molecule has 0 saturated carbocycles. The fourth-order valence-electron chi connectivity index (χ4n) is 4.72. The largest absolute Gasteiger partial charge is 1.00 e. The van der Waals surface area contributed by atoms with Crippen molar-refractivity contribution >= 4 is 5.91 Å². The average Bonchev–Trinajstić information content (AvgIpc) is 2.78. The zero-order valence-corrected chi connectivity index (χ0v) is 25.0. The van der Waals surface area contributed by atoms with Crippen LogP contribution in [0.25, 0.3) is 0 Å². The maximum Gasteiger partial charge on any atom is 0.313 e. The zero-order valence-electron chi connectivity index (χ0n) is 23.4. The molecular formula is C30H62BrNO. The molecule has 0 aromatic carbocycles. The maximum atomic E-state index is 12.6. The van der Waals surface area contributed by atoms with E-state index in [1.165, 1.54) is 141 Å². The van der Waals surface area contributed by atoms with E-state index in [0.717, 1.165) is 19.4 Å². The van der Waals surface area contributed by atoms with Crippen LogP contribution in [-0.2, 0) is 4.79 Å². The molecule has 0 aromatic rings. The van der Waals surface area contributed by atoms with Crippen LogP contribution in [0.5, 0.6) is 0 Å². The first-order valence-corrected chi connectivity index (χ1v) is 14.9. The Labute approximate surface area is 220 Å². The van der Waals surface area contributed by atoms with Crippen LogP contribution in [0, 0.1) is 0 Å². The van der Waals surface area contributed by atoms with Gasteiger partial charge >= 0.3 is 5.91 Å². The van der Waals surface area contributed by atoms with Gasteiger partial charge in [-0.2, -0.15) is 0 Å². The Morgan fingerprint density at radius 1 is 0.455 bits per heavy atom. The van der Waals surface area contributed by atoms with Crippen LogP contribution in [0.1, 0.15) is 168 Å². The molecule has 0 saturated heterocycles. The van der Waals surface area contributed by atoms with Crippen molar-refractivity contribution in [1.29, 1.82) is 0 Å². The summed E-state index contributed by atoms with van der Waals surface area (Å²) in [5.41, 5.74) is 0.